The van der Waals surface area contributed by atoms with E-state index < -0.39 is 21.4 Å². The predicted molar refractivity (Wildman–Crippen MR) is 64.8 cm³/mol. The average molecular weight is 293 g/mol. The summed E-state index contributed by atoms with van der Waals surface area (Å²) in [4.78, 5) is 16.7. The van der Waals surface area contributed by atoms with E-state index in [0.29, 0.717) is 5.69 Å². The number of pyridine rings is 1. The maximum Gasteiger partial charge on any atom is 0.307 e. The molecule has 1 atom stereocenters. The summed E-state index contributed by atoms with van der Waals surface area (Å²) in [7, 11) is -4.73. The number of nitrogens with zero attached hydrogens (tertiary/aromatic N) is 2. The molecule has 0 bridgehead atoms. The number of anilines is 1. The summed E-state index contributed by atoms with van der Waals surface area (Å²) < 4.78 is 34.5. The van der Waals surface area contributed by atoms with Crippen LogP contribution < -0.4 is 4.90 Å². The molecular weight excluding hydrogens is 283 g/mol. The lowest BCUT2D eigenvalue weighted by Gasteiger charge is -2.17. The third-order valence-corrected chi connectivity index (χ3v) is 4.14. The second-order valence-electron chi connectivity index (χ2n) is 4.13. The number of hydrogen-bond donors (Lipinski definition) is 0. The third kappa shape index (κ3) is 2.46. The van der Waals surface area contributed by atoms with Gasteiger partial charge < -0.3 is 4.90 Å². The van der Waals surface area contributed by atoms with Gasteiger partial charge in [0.2, 0.25) is 5.91 Å². The fourth-order valence-electron chi connectivity index (χ4n) is 1.82. The average Bonchev–Trinajstić information content (AvgIpc) is 2.64. The number of aromatic nitrogens is 1. The topological polar surface area (TPSA) is 67.3 Å². The molecule has 1 saturated heterocycles. The molecule has 0 aliphatic carbocycles. The molecule has 2 rings (SSSR count). The summed E-state index contributed by atoms with van der Waals surface area (Å²) in [5.74, 6) is -0.476. The monoisotopic (exact) mass is 292 g/mol. The molecule has 98 valence electrons. The van der Waals surface area contributed by atoms with E-state index in [1.165, 1.54) is 6.20 Å². The van der Waals surface area contributed by atoms with Crippen molar-refractivity contribution in [3.8, 4) is 0 Å². The van der Waals surface area contributed by atoms with Crippen LogP contribution in [0.15, 0.2) is 12.3 Å². The van der Waals surface area contributed by atoms with Crippen molar-refractivity contribution in [2.24, 2.45) is 0 Å². The first-order valence-corrected chi connectivity index (χ1v) is 6.97. The Balaban J connectivity index is 2.35. The van der Waals surface area contributed by atoms with Gasteiger partial charge in [0.15, 0.2) is 5.15 Å². The molecule has 0 radical (unpaired) electrons. The summed E-state index contributed by atoms with van der Waals surface area (Å²) in [6.07, 6.45) is 1.15. The molecule has 1 aromatic rings. The van der Waals surface area contributed by atoms with Gasteiger partial charge in [-0.25, -0.2) is 4.98 Å². The van der Waals surface area contributed by atoms with E-state index in [0.717, 1.165) is 10.5 Å². The highest BCUT2D eigenvalue weighted by Crippen LogP contribution is 2.30. The number of amides is 1. The number of halogens is 2. The molecule has 0 spiro atoms. The second kappa shape index (κ2) is 4.47. The van der Waals surface area contributed by atoms with Gasteiger partial charge in [0.05, 0.1) is 5.69 Å². The first-order valence-electron chi connectivity index (χ1n) is 5.15. The first-order chi connectivity index (χ1) is 8.29. The Bertz CT molecular complexity index is 605. The van der Waals surface area contributed by atoms with Crippen LogP contribution in [0.4, 0.5) is 9.57 Å². The van der Waals surface area contributed by atoms with Crippen molar-refractivity contribution in [2.75, 3.05) is 11.4 Å². The first kappa shape index (κ1) is 13.2. The minimum Gasteiger partial charge on any atom is -0.308 e. The molecule has 1 fully saturated rings. The van der Waals surface area contributed by atoms with E-state index in [1.807, 2.05) is 0 Å². The Morgan fingerprint density at radius 1 is 1.56 bits per heavy atom. The van der Waals surface area contributed by atoms with Crippen LogP contribution >= 0.6 is 11.6 Å². The zero-order valence-electron chi connectivity index (χ0n) is 9.43. The zero-order valence-corrected chi connectivity index (χ0v) is 11.0. The molecule has 0 saturated carbocycles. The lowest BCUT2D eigenvalue weighted by Crippen LogP contribution is -2.27. The highest BCUT2D eigenvalue weighted by atomic mass is 35.5. The van der Waals surface area contributed by atoms with Gasteiger partial charge in [0.25, 0.3) is 0 Å². The molecule has 1 unspecified atom stereocenters. The molecule has 8 heteroatoms. The van der Waals surface area contributed by atoms with Gasteiger partial charge in [0.1, 0.15) is 5.25 Å². The zero-order chi connectivity index (χ0) is 13.5. The van der Waals surface area contributed by atoms with Gasteiger partial charge in [-0.2, -0.15) is 8.42 Å². The molecule has 18 heavy (non-hydrogen) atoms. The van der Waals surface area contributed by atoms with Crippen LogP contribution in [0.5, 0.6) is 0 Å². The van der Waals surface area contributed by atoms with Crippen molar-refractivity contribution < 1.29 is 17.1 Å². The van der Waals surface area contributed by atoms with Gasteiger partial charge in [-0.15, -0.1) is 3.89 Å². The quantitative estimate of drug-likeness (QED) is 0.611. The summed E-state index contributed by atoms with van der Waals surface area (Å²) in [5.41, 5.74) is 1.08. The van der Waals surface area contributed by atoms with Crippen molar-refractivity contribution >= 4 is 33.4 Å². The van der Waals surface area contributed by atoms with Crippen LogP contribution in [0.3, 0.4) is 0 Å². The minimum atomic E-state index is -4.73. The van der Waals surface area contributed by atoms with Crippen LogP contribution in [0.25, 0.3) is 0 Å². The molecule has 1 aliphatic heterocycles. The molecule has 1 aliphatic rings. The van der Waals surface area contributed by atoms with Crippen LogP contribution in [0.2, 0.25) is 5.15 Å². The maximum absolute atomic E-state index is 12.9. The lowest BCUT2D eigenvalue weighted by atomic mass is 10.3. The lowest BCUT2D eigenvalue weighted by molar-refractivity contribution is -0.117. The van der Waals surface area contributed by atoms with E-state index in [2.05, 4.69) is 4.98 Å². The molecule has 1 aromatic heterocycles. The third-order valence-electron chi connectivity index (χ3n) is 2.74. The SMILES string of the molecule is Cc1cnc(Cl)c(N2CC(S(=O)(=O)F)CC2=O)c1. The highest BCUT2D eigenvalue weighted by Gasteiger charge is 2.39. The van der Waals surface area contributed by atoms with E-state index in [4.69, 9.17) is 11.6 Å². The molecule has 2 heterocycles. The molecule has 5 nitrogen and oxygen atoms in total. The van der Waals surface area contributed by atoms with E-state index in [-0.39, 0.29) is 18.1 Å². The van der Waals surface area contributed by atoms with E-state index in [9.17, 15) is 17.1 Å². The Morgan fingerprint density at radius 3 is 2.78 bits per heavy atom. The van der Waals surface area contributed by atoms with Gasteiger partial charge in [-0.1, -0.05) is 11.6 Å². The number of carbonyl (C=O) groups is 1. The summed E-state index contributed by atoms with van der Waals surface area (Å²) in [5, 5.41) is -1.24. The maximum atomic E-state index is 12.9. The van der Waals surface area contributed by atoms with Gasteiger partial charge in [0, 0.05) is 19.2 Å². The van der Waals surface area contributed by atoms with Crippen molar-refractivity contribution in [1.82, 2.24) is 4.98 Å². The van der Waals surface area contributed by atoms with Gasteiger partial charge >= 0.3 is 10.2 Å². The number of rotatable bonds is 2. The molecule has 0 aromatic carbocycles. The van der Waals surface area contributed by atoms with Crippen LogP contribution in [-0.2, 0) is 15.0 Å². The van der Waals surface area contributed by atoms with E-state index in [1.54, 1.807) is 13.0 Å². The summed E-state index contributed by atoms with van der Waals surface area (Å²) in [6.45, 7) is 1.53. The van der Waals surface area contributed by atoms with Gasteiger partial charge in [-0.05, 0) is 18.6 Å². The largest absolute Gasteiger partial charge is 0.308 e. The normalized spacial score (nSPS) is 20.5. The van der Waals surface area contributed by atoms with Gasteiger partial charge in [-0.3, -0.25) is 4.79 Å². The number of aryl methyl sites for hydroxylation is 1. The Morgan fingerprint density at radius 2 is 2.22 bits per heavy atom. The van der Waals surface area contributed by atoms with Crippen LogP contribution in [0.1, 0.15) is 12.0 Å². The number of carbonyl (C=O) groups excluding carboxylic acids is 1. The smallest absolute Gasteiger partial charge is 0.307 e. The van der Waals surface area contributed by atoms with Crippen molar-refractivity contribution in [2.45, 2.75) is 18.6 Å². The fraction of sp³-hybridized carbons (Fsp3) is 0.400. The Labute approximate surface area is 109 Å². The minimum absolute atomic E-state index is 0.0888. The summed E-state index contributed by atoms with van der Waals surface area (Å²) in [6, 6.07) is 1.61. The second-order valence-corrected chi connectivity index (χ2v) is 6.10. The Kier molecular flexibility index (Phi) is 3.29. The molecular formula is C10H10ClFN2O3S. The molecule has 0 N–H and O–H groups in total. The highest BCUT2D eigenvalue weighted by molar-refractivity contribution is 7.87. The fourth-order valence-corrected chi connectivity index (χ4v) is 2.70. The number of hydrogen-bond acceptors (Lipinski definition) is 4. The Hall–Kier alpha value is -1.21. The van der Waals surface area contributed by atoms with Crippen LogP contribution in [-0.4, -0.2) is 31.1 Å². The predicted octanol–water partition coefficient (Wildman–Crippen LogP) is 1.45. The van der Waals surface area contributed by atoms with Crippen molar-refractivity contribution in [3.63, 3.8) is 0 Å². The van der Waals surface area contributed by atoms with E-state index >= 15 is 0 Å². The molecule has 1 amide bonds. The van der Waals surface area contributed by atoms with Crippen molar-refractivity contribution in [1.29, 1.82) is 0 Å². The van der Waals surface area contributed by atoms with Crippen molar-refractivity contribution in [3.05, 3.63) is 23.0 Å². The standard InChI is InChI=1S/C10H10ClFN2O3S/c1-6-2-8(10(11)13-4-6)14-5-7(3-9(14)15)18(12,16)17/h2,4,7H,3,5H2,1H3. The summed E-state index contributed by atoms with van der Waals surface area (Å²) >= 11 is 5.86. The van der Waals surface area contributed by atoms with Crippen LogP contribution in [0, 0.1) is 6.92 Å².